The Morgan fingerprint density at radius 2 is 1.86 bits per heavy atom. The fraction of sp³-hybridized carbons (Fsp3) is 0.278. The van der Waals surface area contributed by atoms with E-state index in [9.17, 15) is 4.79 Å². The van der Waals surface area contributed by atoms with Crippen LogP contribution >= 0.6 is 0 Å². The molecule has 1 aliphatic heterocycles. The first kappa shape index (κ1) is 14.4. The Hall–Kier alpha value is -2.49. The number of esters is 1. The number of hydrogen-bond donors (Lipinski definition) is 0. The van der Waals surface area contributed by atoms with Gasteiger partial charge in [-0.05, 0) is 18.1 Å². The molecule has 1 atom stereocenters. The highest BCUT2D eigenvalue weighted by molar-refractivity contribution is 5.71. The maximum Gasteiger partial charge on any atom is 0.308 e. The van der Waals surface area contributed by atoms with Crippen LogP contribution in [0.4, 0.5) is 0 Å². The maximum absolute atomic E-state index is 11.4. The molecule has 0 N–H and O–H groups in total. The number of fused-ring (bicyclic) bond motifs is 1. The van der Waals surface area contributed by atoms with Gasteiger partial charge in [-0.2, -0.15) is 0 Å². The van der Waals surface area contributed by atoms with Crippen LogP contribution in [-0.4, -0.2) is 12.8 Å². The normalized spacial score (nSPS) is 13.7. The second kappa shape index (κ2) is 6.10. The average Bonchev–Trinajstić information content (AvgIpc) is 2.96. The van der Waals surface area contributed by atoms with Crippen molar-refractivity contribution >= 4 is 5.97 Å². The van der Waals surface area contributed by atoms with Gasteiger partial charge < -0.3 is 14.2 Å². The lowest BCUT2D eigenvalue weighted by Gasteiger charge is -2.19. The van der Waals surface area contributed by atoms with E-state index < -0.39 is 0 Å². The molecule has 0 bridgehead atoms. The molecule has 0 saturated heterocycles. The first-order valence-electron chi connectivity index (χ1n) is 7.36. The maximum atomic E-state index is 11.4. The second-order valence-electron chi connectivity index (χ2n) is 5.21. The zero-order valence-electron chi connectivity index (χ0n) is 12.7. The Labute approximate surface area is 129 Å². The van der Waals surface area contributed by atoms with Gasteiger partial charge in [-0.15, -0.1) is 0 Å². The van der Waals surface area contributed by atoms with Crippen molar-refractivity contribution in [1.29, 1.82) is 0 Å². The first-order chi connectivity index (χ1) is 10.7. The van der Waals surface area contributed by atoms with E-state index in [0.717, 1.165) is 12.0 Å². The monoisotopic (exact) mass is 298 g/mol. The first-order valence-corrected chi connectivity index (χ1v) is 7.36. The van der Waals surface area contributed by atoms with Crippen molar-refractivity contribution in [3.8, 4) is 17.2 Å². The molecule has 0 amide bonds. The molecule has 114 valence electrons. The van der Waals surface area contributed by atoms with E-state index >= 15 is 0 Å². The van der Waals surface area contributed by atoms with E-state index in [-0.39, 0.29) is 18.7 Å². The smallest absolute Gasteiger partial charge is 0.308 e. The van der Waals surface area contributed by atoms with E-state index in [2.05, 4.69) is 19.1 Å². The Morgan fingerprint density at radius 3 is 2.50 bits per heavy atom. The highest BCUT2D eigenvalue weighted by Crippen LogP contribution is 2.43. The van der Waals surface area contributed by atoms with Crippen LogP contribution < -0.4 is 14.2 Å². The highest BCUT2D eigenvalue weighted by Gasteiger charge is 2.24. The molecule has 1 heterocycles. The van der Waals surface area contributed by atoms with Crippen molar-refractivity contribution in [1.82, 2.24) is 0 Å². The summed E-state index contributed by atoms with van der Waals surface area (Å²) in [6, 6.07) is 13.8. The Balaban J connectivity index is 2.09. The van der Waals surface area contributed by atoms with Crippen LogP contribution in [0.3, 0.4) is 0 Å². The minimum atomic E-state index is -0.344. The van der Waals surface area contributed by atoms with Crippen molar-refractivity contribution in [3.05, 3.63) is 53.6 Å². The fourth-order valence-electron chi connectivity index (χ4n) is 2.78. The second-order valence-corrected chi connectivity index (χ2v) is 5.21. The summed E-state index contributed by atoms with van der Waals surface area (Å²) in [6.45, 7) is 3.71. The van der Waals surface area contributed by atoms with Gasteiger partial charge >= 0.3 is 5.97 Å². The molecule has 0 radical (unpaired) electrons. The summed E-state index contributed by atoms with van der Waals surface area (Å²) in [5, 5.41) is 0. The van der Waals surface area contributed by atoms with E-state index in [1.165, 1.54) is 12.5 Å². The van der Waals surface area contributed by atoms with Crippen LogP contribution in [0.25, 0.3) is 0 Å². The van der Waals surface area contributed by atoms with E-state index in [1.54, 1.807) is 6.07 Å². The molecular weight excluding hydrogens is 280 g/mol. The topological polar surface area (TPSA) is 44.8 Å². The van der Waals surface area contributed by atoms with Crippen molar-refractivity contribution in [2.45, 2.75) is 26.2 Å². The predicted molar refractivity (Wildman–Crippen MR) is 82.5 cm³/mol. The van der Waals surface area contributed by atoms with Crippen LogP contribution in [0, 0.1) is 0 Å². The van der Waals surface area contributed by atoms with Gasteiger partial charge in [0, 0.05) is 24.5 Å². The van der Waals surface area contributed by atoms with Crippen LogP contribution in [-0.2, 0) is 4.79 Å². The molecule has 0 spiro atoms. The minimum absolute atomic E-state index is 0.130. The third kappa shape index (κ3) is 2.77. The van der Waals surface area contributed by atoms with E-state index in [1.807, 2.05) is 24.3 Å². The molecule has 0 saturated carbocycles. The van der Waals surface area contributed by atoms with Crippen LogP contribution in [0.2, 0.25) is 0 Å². The molecule has 22 heavy (non-hydrogen) atoms. The summed E-state index contributed by atoms with van der Waals surface area (Å²) in [4.78, 5) is 11.4. The van der Waals surface area contributed by atoms with Gasteiger partial charge in [0.2, 0.25) is 6.79 Å². The summed E-state index contributed by atoms with van der Waals surface area (Å²) in [6.07, 6.45) is 0.887. The number of hydrogen-bond acceptors (Lipinski definition) is 4. The summed E-state index contributed by atoms with van der Waals surface area (Å²) < 4.78 is 16.2. The van der Waals surface area contributed by atoms with Gasteiger partial charge in [0.05, 0.1) is 0 Å². The molecule has 2 aromatic carbocycles. The molecule has 2 aromatic rings. The molecule has 0 aliphatic carbocycles. The SMILES string of the molecule is CC[C@@H](c1ccccc1)c1cc2c(cc1OC(C)=O)OCO2. The molecule has 3 rings (SSSR count). The lowest BCUT2D eigenvalue weighted by molar-refractivity contribution is -0.131. The Bertz CT molecular complexity index is 679. The summed E-state index contributed by atoms with van der Waals surface area (Å²) in [7, 11) is 0. The minimum Gasteiger partial charge on any atom is -0.454 e. The molecule has 0 aromatic heterocycles. The third-order valence-electron chi connectivity index (χ3n) is 3.74. The average molecular weight is 298 g/mol. The Kier molecular flexibility index (Phi) is 4.00. The molecule has 0 unspecified atom stereocenters. The Morgan fingerprint density at radius 1 is 1.18 bits per heavy atom. The summed E-state index contributed by atoms with van der Waals surface area (Å²) in [5.41, 5.74) is 2.12. The third-order valence-corrected chi connectivity index (χ3v) is 3.74. The van der Waals surface area contributed by atoms with Gasteiger partial charge in [-0.1, -0.05) is 37.3 Å². The van der Waals surface area contributed by atoms with E-state index in [0.29, 0.717) is 17.2 Å². The number of carbonyl (C=O) groups is 1. The van der Waals surface area contributed by atoms with Gasteiger partial charge in [0.15, 0.2) is 11.5 Å². The number of benzene rings is 2. The molecule has 1 aliphatic rings. The number of carbonyl (C=O) groups excluding carboxylic acids is 1. The van der Waals surface area contributed by atoms with Crippen molar-refractivity contribution < 1.29 is 19.0 Å². The lowest BCUT2D eigenvalue weighted by atomic mass is 9.88. The lowest BCUT2D eigenvalue weighted by Crippen LogP contribution is -2.07. The molecular formula is C18H18O4. The van der Waals surface area contributed by atoms with Crippen molar-refractivity contribution in [2.75, 3.05) is 6.79 Å². The highest BCUT2D eigenvalue weighted by atomic mass is 16.7. The van der Waals surface area contributed by atoms with E-state index in [4.69, 9.17) is 14.2 Å². The molecule has 4 heteroatoms. The zero-order chi connectivity index (χ0) is 15.5. The zero-order valence-corrected chi connectivity index (χ0v) is 12.7. The summed E-state index contributed by atoms with van der Waals surface area (Å²) >= 11 is 0. The number of rotatable bonds is 4. The fourth-order valence-corrected chi connectivity index (χ4v) is 2.78. The van der Waals surface area contributed by atoms with Crippen LogP contribution in [0.5, 0.6) is 17.2 Å². The largest absolute Gasteiger partial charge is 0.454 e. The quantitative estimate of drug-likeness (QED) is 0.634. The van der Waals surface area contributed by atoms with Crippen molar-refractivity contribution in [3.63, 3.8) is 0 Å². The van der Waals surface area contributed by atoms with Gasteiger partial charge in [-0.3, -0.25) is 4.79 Å². The summed E-state index contributed by atoms with van der Waals surface area (Å²) in [5.74, 6) is 1.63. The molecule has 4 nitrogen and oxygen atoms in total. The van der Waals surface area contributed by atoms with Gasteiger partial charge in [0.25, 0.3) is 0 Å². The van der Waals surface area contributed by atoms with Crippen LogP contribution in [0.15, 0.2) is 42.5 Å². The van der Waals surface area contributed by atoms with Crippen molar-refractivity contribution in [2.24, 2.45) is 0 Å². The molecule has 0 fully saturated rings. The van der Waals surface area contributed by atoms with Crippen LogP contribution in [0.1, 0.15) is 37.3 Å². The predicted octanol–water partition coefficient (Wildman–Crippen LogP) is 3.88. The van der Waals surface area contributed by atoms with Gasteiger partial charge in [-0.25, -0.2) is 0 Å². The van der Waals surface area contributed by atoms with Gasteiger partial charge in [0.1, 0.15) is 5.75 Å². The standard InChI is InChI=1S/C18H18O4/c1-3-14(13-7-5-4-6-8-13)15-9-17-18(21-11-20-17)10-16(15)22-12(2)19/h4-10,14H,3,11H2,1-2H3/t14-/m0/s1. The number of ether oxygens (including phenoxy) is 3.